The van der Waals surface area contributed by atoms with Gasteiger partial charge in [0, 0.05) is 31.2 Å². The third kappa shape index (κ3) is 4.51. The first-order valence-corrected chi connectivity index (χ1v) is 7.30. The van der Waals surface area contributed by atoms with Gasteiger partial charge in [-0.3, -0.25) is 0 Å². The van der Waals surface area contributed by atoms with Crippen LogP contribution < -0.4 is 10.1 Å². The first kappa shape index (κ1) is 14.4. The standard InChI is InChI=1S/C16H25NO2/c1-13(2)7-10-18-12-9-17-15-8-11-19-16-6-4-3-5-14(15)16/h3-6,13,15,17H,7-12H2,1-2H3. The van der Waals surface area contributed by atoms with Crippen molar-refractivity contribution in [1.29, 1.82) is 0 Å². The number of ether oxygens (including phenoxy) is 2. The van der Waals surface area contributed by atoms with E-state index in [1.54, 1.807) is 0 Å². The minimum absolute atomic E-state index is 0.402. The minimum atomic E-state index is 0.402. The fourth-order valence-corrected chi connectivity index (χ4v) is 2.28. The second-order valence-corrected chi connectivity index (χ2v) is 5.48. The monoisotopic (exact) mass is 263 g/mol. The lowest BCUT2D eigenvalue weighted by Gasteiger charge is -2.26. The van der Waals surface area contributed by atoms with Crippen molar-refractivity contribution in [3.05, 3.63) is 29.8 Å². The van der Waals surface area contributed by atoms with E-state index in [0.717, 1.165) is 50.9 Å². The summed E-state index contributed by atoms with van der Waals surface area (Å²) in [5, 5.41) is 3.56. The van der Waals surface area contributed by atoms with Crippen LogP contribution in [0.1, 0.15) is 38.3 Å². The summed E-state index contributed by atoms with van der Waals surface area (Å²) in [6.07, 6.45) is 2.17. The Labute approximate surface area is 116 Å². The minimum Gasteiger partial charge on any atom is -0.493 e. The van der Waals surface area contributed by atoms with Crippen LogP contribution in [-0.2, 0) is 4.74 Å². The van der Waals surface area contributed by atoms with E-state index >= 15 is 0 Å². The molecule has 0 aliphatic carbocycles. The van der Waals surface area contributed by atoms with Crippen LogP contribution in [0.25, 0.3) is 0 Å². The Bertz CT molecular complexity index is 379. The molecule has 3 nitrogen and oxygen atoms in total. The quantitative estimate of drug-likeness (QED) is 0.767. The van der Waals surface area contributed by atoms with Gasteiger partial charge in [0.1, 0.15) is 5.75 Å². The molecule has 106 valence electrons. The predicted molar refractivity (Wildman–Crippen MR) is 77.6 cm³/mol. The molecule has 0 fully saturated rings. The summed E-state index contributed by atoms with van der Waals surface area (Å²) in [6, 6.07) is 8.68. The summed E-state index contributed by atoms with van der Waals surface area (Å²) in [4.78, 5) is 0. The van der Waals surface area contributed by atoms with E-state index in [1.807, 2.05) is 12.1 Å². The normalized spacial score (nSPS) is 18.2. The Morgan fingerprint density at radius 3 is 3.00 bits per heavy atom. The number of nitrogens with one attached hydrogen (secondary N) is 1. The van der Waals surface area contributed by atoms with E-state index in [2.05, 4.69) is 31.3 Å². The Hall–Kier alpha value is -1.06. The number of hydrogen-bond acceptors (Lipinski definition) is 3. The van der Waals surface area contributed by atoms with Gasteiger partial charge in [0.15, 0.2) is 0 Å². The number of benzene rings is 1. The molecule has 0 radical (unpaired) electrons. The molecule has 1 unspecified atom stereocenters. The van der Waals surface area contributed by atoms with Crippen molar-refractivity contribution in [1.82, 2.24) is 5.32 Å². The van der Waals surface area contributed by atoms with Gasteiger partial charge in [-0.25, -0.2) is 0 Å². The van der Waals surface area contributed by atoms with Crippen LogP contribution in [0.15, 0.2) is 24.3 Å². The van der Waals surface area contributed by atoms with Gasteiger partial charge in [0.05, 0.1) is 13.2 Å². The van der Waals surface area contributed by atoms with Crippen LogP contribution >= 0.6 is 0 Å². The van der Waals surface area contributed by atoms with E-state index < -0.39 is 0 Å². The summed E-state index contributed by atoms with van der Waals surface area (Å²) in [5.41, 5.74) is 1.27. The molecule has 0 saturated carbocycles. The maximum Gasteiger partial charge on any atom is 0.124 e. The molecule has 1 aromatic rings. The average Bonchev–Trinajstić information content (AvgIpc) is 2.42. The van der Waals surface area contributed by atoms with Crippen molar-refractivity contribution in [2.24, 2.45) is 5.92 Å². The van der Waals surface area contributed by atoms with Crippen LogP contribution in [0.5, 0.6) is 5.75 Å². The third-order valence-corrected chi connectivity index (χ3v) is 3.44. The molecule has 1 N–H and O–H groups in total. The number of rotatable bonds is 7. The molecule has 1 atom stereocenters. The zero-order valence-electron chi connectivity index (χ0n) is 12.0. The largest absolute Gasteiger partial charge is 0.493 e. The highest BCUT2D eigenvalue weighted by molar-refractivity contribution is 5.37. The van der Waals surface area contributed by atoms with Gasteiger partial charge in [0.25, 0.3) is 0 Å². The van der Waals surface area contributed by atoms with Crippen LogP contribution in [0.2, 0.25) is 0 Å². The van der Waals surface area contributed by atoms with Crippen molar-refractivity contribution in [3.63, 3.8) is 0 Å². The molecule has 0 aromatic heterocycles. The fraction of sp³-hybridized carbons (Fsp3) is 0.625. The lowest BCUT2D eigenvalue weighted by molar-refractivity contribution is 0.121. The van der Waals surface area contributed by atoms with Crippen LogP contribution in [-0.4, -0.2) is 26.4 Å². The molecule has 1 aliphatic heterocycles. The molecular weight excluding hydrogens is 238 g/mol. The Balaban J connectivity index is 1.70. The SMILES string of the molecule is CC(C)CCOCCNC1CCOc2ccccc21. The third-order valence-electron chi connectivity index (χ3n) is 3.44. The van der Waals surface area contributed by atoms with Gasteiger partial charge in [-0.15, -0.1) is 0 Å². The number of fused-ring (bicyclic) bond motifs is 1. The molecule has 1 aliphatic rings. The van der Waals surface area contributed by atoms with Gasteiger partial charge in [-0.05, 0) is 18.4 Å². The van der Waals surface area contributed by atoms with Gasteiger partial charge < -0.3 is 14.8 Å². The molecule has 3 heteroatoms. The first-order valence-electron chi connectivity index (χ1n) is 7.30. The van der Waals surface area contributed by atoms with E-state index in [0.29, 0.717) is 6.04 Å². The Kier molecular flexibility index (Phi) is 5.67. The second kappa shape index (κ2) is 7.51. The lowest BCUT2D eigenvalue weighted by atomic mass is 10.0. The maximum absolute atomic E-state index is 5.65. The summed E-state index contributed by atoms with van der Waals surface area (Å²) in [7, 11) is 0. The van der Waals surface area contributed by atoms with E-state index in [9.17, 15) is 0 Å². The maximum atomic E-state index is 5.65. The summed E-state index contributed by atoms with van der Waals surface area (Å²) < 4.78 is 11.3. The van der Waals surface area contributed by atoms with Gasteiger partial charge in [-0.1, -0.05) is 32.0 Å². The Morgan fingerprint density at radius 2 is 2.16 bits per heavy atom. The molecule has 1 heterocycles. The smallest absolute Gasteiger partial charge is 0.124 e. The molecule has 0 bridgehead atoms. The van der Waals surface area contributed by atoms with Crippen LogP contribution in [0.4, 0.5) is 0 Å². The number of para-hydroxylation sites is 1. The number of hydrogen-bond donors (Lipinski definition) is 1. The highest BCUT2D eigenvalue weighted by Gasteiger charge is 2.19. The fourth-order valence-electron chi connectivity index (χ4n) is 2.28. The van der Waals surface area contributed by atoms with Gasteiger partial charge in [-0.2, -0.15) is 0 Å². The van der Waals surface area contributed by atoms with E-state index in [1.165, 1.54) is 5.56 Å². The molecule has 0 amide bonds. The first-order chi connectivity index (χ1) is 9.27. The molecule has 2 rings (SSSR count). The van der Waals surface area contributed by atoms with Gasteiger partial charge >= 0.3 is 0 Å². The van der Waals surface area contributed by atoms with Crippen molar-refractivity contribution >= 4 is 0 Å². The molecule has 19 heavy (non-hydrogen) atoms. The van der Waals surface area contributed by atoms with Gasteiger partial charge in [0.2, 0.25) is 0 Å². The molecule has 0 saturated heterocycles. The van der Waals surface area contributed by atoms with Crippen molar-refractivity contribution in [2.75, 3.05) is 26.4 Å². The zero-order valence-corrected chi connectivity index (χ0v) is 12.0. The molecular formula is C16H25NO2. The van der Waals surface area contributed by atoms with Crippen molar-refractivity contribution in [3.8, 4) is 5.75 Å². The molecule has 0 spiro atoms. The van der Waals surface area contributed by atoms with Crippen LogP contribution in [0, 0.1) is 5.92 Å². The highest BCUT2D eigenvalue weighted by atomic mass is 16.5. The lowest BCUT2D eigenvalue weighted by Crippen LogP contribution is -2.29. The topological polar surface area (TPSA) is 30.5 Å². The summed E-state index contributed by atoms with van der Waals surface area (Å²) in [6.45, 7) is 7.79. The van der Waals surface area contributed by atoms with Crippen LogP contribution in [0.3, 0.4) is 0 Å². The Morgan fingerprint density at radius 1 is 1.32 bits per heavy atom. The van der Waals surface area contributed by atoms with E-state index in [-0.39, 0.29) is 0 Å². The van der Waals surface area contributed by atoms with E-state index in [4.69, 9.17) is 9.47 Å². The second-order valence-electron chi connectivity index (χ2n) is 5.48. The van der Waals surface area contributed by atoms with Crippen molar-refractivity contribution in [2.45, 2.75) is 32.7 Å². The average molecular weight is 263 g/mol. The highest BCUT2D eigenvalue weighted by Crippen LogP contribution is 2.31. The summed E-state index contributed by atoms with van der Waals surface area (Å²) in [5.74, 6) is 1.74. The molecule has 1 aromatic carbocycles. The predicted octanol–water partition coefficient (Wildman–Crippen LogP) is 3.16. The van der Waals surface area contributed by atoms with Crippen molar-refractivity contribution < 1.29 is 9.47 Å². The zero-order chi connectivity index (χ0) is 13.5. The summed E-state index contributed by atoms with van der Waals surface area (Å²) >= 11 is 0.